The van der Waals surface area contributed by atoms with Crippen LogP contribution in [0.2, 0.25) is 0 Å². The van der Waals surface area contributed by atoms with E-state index in [2.05, 4.69) is 34.6 Å². The Morgan fingerprint density at radius 1 is 0.967 bits per heavy atom. The van der Waals surface area contributed by atoms with Gasteiger partial charge >= 0.3 is 0 Å². The molecule has 0 aromatic heterocycles. The number of ether oxygens (including phenoxy) is 1. The number of rotatable bonds is 5. The number of hydrogen-bond donors (Lipinski definition) is 1. The van der Waals surface area contributed by atoms with Gasteiger partial charge in [-0.2, -0.15) is 0 Å². The molecule has 0 aromatic rings. The lowest BCUT2D eigenvalue weighted by Crippen LogP contribution is -2.60. The Bertz CT molecular complexity index is 645. The lowest BCUT2D eigenvalue weighted by Gasteiger charge is -2.63. The van der Waals surface area contributed by atoms with Crippen LogP contribution in [0, 0.1) is 46.3 Å². The molecule has 5 fully saturated rings. The summed E-state index contributed by atoms with van der Waals surface area (Å²) >= 11 is 0. The molecule has 1 aliphatic heterocycles. The van der Waals surface area contributed by atoms with Gasteiger partial charge in [-0.05, 0) is 85.9 Å². The molecule has 0 unspecified atom stereocenters. The van der Waals surface area contributed by atoms with Crippen LogP contribution in [0.4, 0.5) is 0 Å². The van der Waals surface area contributed by atoms with E-state index < -0.39 is 0 Å². The summed E-state index contributed by atoms with van der Waals surface area (Å²) in [4.78, 5) is 0. The predicted molar refractivity (Wildman–Crippen MR) is 123 cm³/mol. The van der Waals surface area contributed by atoms with Gasteiger partial charge in [-0.3, -0.25) is 0 Å². The summed E-state index contributed by atoms with van der Waals surface area (Å²) in [6, 6.07) is 0. The molecule has 30 heavy (non-hydrogen) atoms. The Balaban J connectivity index is 1.35. The molecule has 1 spiro atoms. The summed E-state index contributed by atoms with van der Waals surface area (Å²) in [7, 11) is 0. The molecule has 0 amide bonds. The molecule has 0 bridgehead atoms. The molecule has 5 rings (SSSR count). The van der Waals surface area contributed by atoms with E-state index >= 15 is 0 Å². The van der Waals surface area contributed by atoms with Gasteiger partial charge in [0.25, 0.3) is 0 Å². The van der Waals surface area contributed by atoms with Gasteiger partial charge in [0.05, 0.1) is 12.2 Å². The molecular weight excluding hydrogens is 368 g/mol. The molecule has 2 heteroatoms. The van der Waals surface area contributed by atoms with Gasteiger partial charge in [0.2, 0.25) is 0 Å². The van der Waals surface area contributed by atoms with Crippen LogP contribution in [-0.4, -0.2) is 22.9 Å². The molecule has 1 heterocycles. The summed E-state index contributed by atoms with van der Waals surface area (Å²) in [5.74, 6) is 5.27. The summed E-state index contributed by atoms with van der Waals surface area (Å²) in [6.07, 6.45) is 16.2. The van der Waals surface area contributed by atoms with E-state index in [-0.39, 0.29) is 11.7 Å². The van der Waals surface area contributed by atoms with Crippen molar-refractivity contribution in [3.05, 3.63) is 0 Å². The molecule has 10 atom stereocenters. The fourth-order valence-corrected chi connectivity index (χ4v) is 9.88. The lowest BCUT2D eigenvalue weighted by molar-refractivity contribution is -0.145. The summed E-state index contributed by atoms with van der Waals surface area (Å²) in [5, 5.41) is 10.4. The fraction of sp³-hybridized carbons (Fsp3) is 1.00. The molecule has 2 nitrogen and oxygen atoms in total. The van der Waals surface area contributed by atoms with Gasteiger partial charge in [0.1, 0.15) is 5.60 Å². The summed E-state index contributed by atoms with van der Waals surface area (Å²) < 4.78 is 6.54. The zero-order valence-corrected chi connectivity index (χ0v) is 20.5. The van der Waals surface area contributed by atoms with Crippen molar-refractivity contribution >= 4 is 0 Å². The smallest absolute Gasteiger partial charge is 0.103 e. The average molecular weight is 417 g/mol. The van der Waals surface area contributed by atoms with Crippen LogP contribution >= 0.6 is 0 Å². The van der Waals surface area contributed by atoms with E-state index in [1.165, 1.54) is 64.2 Å². The highest BCUT2D eigenvalue weighted by Crippen LogP contribution is 2.73. The zero-order valence-electron chi connectivity index (χ0n) is 20.5. The number of fused-ring (bicyclic) bond motifs is 4. The van der Waals surface area contributed by atoms with E-state index in [0.717, 1.165) is 48.3 Å². The van der Waals surface area contributed by atoms with Crippen LogP contribution in [0.3, 0.4) is 0 Å². The Morgan fingerprint density at radius 2 is 1.77 bits per heavy atom. The maximum absolute atomic E-state index is 10.4. The van der Waals surface area contributed by atoms with Crippen molar-refractivity contribution in [3.8, 4) is 0 Å². The molecule has 5 aliphatic rings. The largest absolute Gasteiger partial charge is 0.393 e. The van der Waals surface area contributed by atoms with Crippen molar-refractivity contribution in [2.24, 2.45) is 46.3 Å². The van der Waals surface area contributed by atoms with Crippen LogP contribution in [0.5, 0.6) is 0 Å². The third-order valence-corrected chi connectivity index (χ3v) is 11.5. The third kappa shape index (κ3) is 3.09. The topological polar surface area (TPSA) is 32.8 Å². The quantitative estimate of drug-likeness (QED) is 0.490. The van der Waals surface area contributed by atoms with E-state index in [1.807, 2.05) is 0 Å². The first-order chi connectivity index (χ1) is 14.2. The van der Waals surface area contributed by atoms with Crippen LogP contribution in [0.15, 0.2) is 0 Å². The minimum absolute atomic E-state index is 0.0395. The molecule has 0 aromatic carbocycles. The first-order valence-corrected chi connectivity index (χ1v) is 13.6. The van der Waals surface area contributed by atoms with Crippen molar-refractivity contribution in [3.63, 3.8) is 0 Å². The maximum atomic E-state index is 10.4. The average Bonchev–Trinajstić information content (AvgIpc) is 3.38. The second-order valence-electron chi connectivity index (χ2n) is 13.3. The third-order valence-electron chi connectivity index (χ3n) is 11.5. The highest BCUT2D eigenvalue weighted by molar-refractivity contribution is 5.23. The second-order valence-corrected chi connectivity index (χ2v) is 13.3. The molecule has 4 saturated carbocycles. The number of hydrogen-bond acceptors (Lipinski definition) is 2. The Labute approximate surface area is 185 Å². The molecule has 172 valence electrons. The van der Waals surface area contributed by atoms with Gasteiger partial charge in [0.15, 0.2) is 0 Å². The SMILES string of the molecule is CC(C)CCC[C@@H](C)[C@@H]1CCC[C@H]2[C@H]3C[C@H]4O[C@@]45C[C@@H](O)CC[C@]5(C)[C@@H]3CC[C@@]21C. The molecular formula is C28H48O2. The predicted octanol–water partition coefficient (Wildman–Crippen LogP) is 6.99. The van der Waals surface area contributed by atoms with Crippen molar-refractivity contribution in [2.45, 2.75) is 129 Å². The standard InChI is InChI=1S/C28H48O2/c1-18(2)8-6-9-19(3)22-10-7-11-23-21-16-25-28(30-25)17-20(29)12-15-27(28,5)24(21)13-14-26(22,23)4/h18-25,29H,6-17H2,1-5H3/t19-,20+,21-,22+,23+,24-,25-,26-,27-,28+/m1/s1. The normalized spacial score (nSPS) is 53.3. The minimum atomic E-state index is -0.126. The first-order valence-electron chi connectivity index (χ1n) is 13.6. The van der Waals surface area contributed by atoms with E-state index in [4.69, 9.17) is 4.74 Å². The number of epoxide rings is 1. The van der Waals surface area contributed by atoms with Crippen molar-refractivity contribution < 1.29 is 9.84 Å². The van der Waals surface area contributed by atoms with Gasteiger partial charge in [-0.25, -0.2) is 0 Å². The van der Waals surface area contributed by atoms with E-state index in [0.29, 0.717) is 16.9 Å². The highest BCUT2D eigenvalue weighted by Gasteiger charge is 2.75. The Morgan fingerprint density at radius 3 is 2.53 bits per heavy atom. The number of aliphatic hydroxyl groups excluding tert-OH is 1. The summed E-state index contributed by atoms with van der Waals surface area (Å²) in [6.45, 7) is 12.6. The lowest BCUT2D eigenvalue weighted by atomic mass is 9.41. The monoisotopic (exact) mass is 416 g/mol. The van der Waals surface area contributed by atoms with Gasteiger partial charge in [0, 0.05) is 11.8 Å². The van der Waals surface area contributed by atoms with Crippen LogP contribution in [-0.2, 0) is 4.74 Å². The number of aliphatic hydroxyl groups is 1. The minimum Gasteiger partial charge on any atom is -0.393 e. The molecule has 4 aliphatic carbocycles. The van der Waals surface area contributed by atoms with Crippen LogP contribution in [0.25, 0.3) is 0 Å². The maximum Gasteiger partial charge on any atom is 0.103 e. The zero-order chi connectivity index (χ0) is 21.3. The van der Waals surface area contributed by atoms with Gasteiger partial charge < -0.3 is 9.84 Å². The molecule has 0 radical (unpaired) electrons. The van der Waals surface area contributed by atoms with E-state index in [9.17, 15) is 5.11 Å². The Hall–Kier alpha value is -0.0800. The Kier molecular flexibility index (Phi) is 5.42. The molecule has 1 N–H and O–H groups in total. The van der Waals surface area contributed by atoms with E-state index in [1.54, 1.807) is 0 Å². The molecule has 1 saturated heterocycles. The highest BCUT2D eigenvalue weighted by atomic mass is 16.6. The van der Waals surface area contributed by atoms with Crippen molar-refractivity contribution in [1.29, 1.82) is 0 Å². The van der Waals surface area contributed by atoms with Gasteiger partial charge in [-0.15, -0.1) is 0 Å². The summed E-state index contributed by atoms with van der Waals surface area (Å²) in [5.41, 5.74) is 0.908. The second kappa shape index (κ2) is 7.47. The van der Waals surface area contributed by atoms with Crippen LogP contribution in [0.1, 0.15) is 112 Å². The van der Waals surface area contributed by atoms with Gasteiger partial charge in [-0.1, -0.05) is 60.3 Å². The van der Waals surface area contributed by atoms with Crippen molar-refractivity contribution in [1.82, 2.24) is 0 Å². The van der Waals surface area contributed by atoms with Crippen LogP contribution < -0.4 is 0 Å². The fourth-order valence-electron chi connectivity index (χ4n) is 9.88. The van der Waals surface area contributed by atoms with Crippen molar-refractivity contribution in [2.75, 3.05) is 0 Å². The first kappa shape index (κ1) is 21.7.